The number of nitrogens with zero attached hydrogens (tertiary/aromatic N) is 3. The number of aryl methyl sites for hydroxylation is 1. The number of piperazine rings is 1. The van der Waals surface area contributed by atoms with Crippen molar-refractivity contribution in [3.63, 3.8) is 0 Å². The van der Waals surface area contributed by atoms with E-state index in [1.807, 2.05) is 48.5 Å². The second-order valence-electron chi connectivity index (χ2n) is 6.07. The number of hydrogen-bond acceptors (Lipinski definition) is 4. The molecular weight excluding hydrogens is 318 g/mol. The average Bonchev–Trinajstić information content (AvgIpc) is 2.63. The van der Waals surface area contributed by atoms with Crippen molar-refractivity contribution >= 4 is 17.7 Å². The van der Waals surface area contributed by atoms with E-state index in [0.717, 1.165) is 54.4 Å². The van der Waals surface area contributed by atoms with Gasteiger partial charge in [0, 0.05) is 49.4 Å². The number of carbonyl (C=O) groups is 1. The van der Waals surface area contributed by atoms with E-state index in [1.165, 1.54) is 0 Å². The van der Waals surface area contributed by atoms with Gasteiger partial charge in [-0.25, -0.2) is 0 Å². The van der Waals surface area contributed by atoms with Crippen LogP contribution in [0.1, 0.15) is 21.6 Å². The molecule has 1 amide bonds. The molecule has 1 aromatic heterocycles. The molecule has 1 aliphatic rings. The molecule has 126 valence electrons. The fourth-order valence-electron chi connectivity index (χ4n) is 2.96. The predicted molar refractivity (Wildman–Crippen MR) is 98.4 cm³/mol. The van der Waals surface area contributed by atoms with Crippen molar-refractivity contribution < 1.29 is 4.79 Å². The van der Waals surface area contributed by atoms with E-state index >= 15 is 0 Å². The molecule has 0 spiro atoms. The summed E-state index contributed by atoms with van der Waals surface area (Å²) in [4.78, 5) is 22.7. The molecule has 0 aliphatic carbocycles. The fraction of sp³-hybridized carbons (Fsp3) is 0.368. The molecule has 3 rings (SSSR count). The molecule has 1 aliphatic heterocycles. The molecule has 0 unspecified atom stereocenters. The molecule has 0 atom stereocenters. The van der Waals surface area contributed by atoms with E-state index < -0.39 is 0 Å². The van der Waals surface area contributed by atoms with Crippen LogP contribution in [-0.4, -0.2) is 53.1 Å². The van der Waals surface area contributed by atoms with Gasteiger partial charge < -0.3 is 4.90 Å². The number of amides is 1. The topological polar surface area (TPSA) is 36.4 Å². The highest BCUT2D eigenvalue weighted by Crippen LogP contribution is 2.21. The smallest absolute Gasteiger partial charge is 0.254 e. The Bertz CT molecular complexity index is 697. The molecule has 0 bridgehead atoms. The van der Waals surface area contributed by atoms with Crippen molar-refractivity contribution in [3.05, 3.63) is 59.4 Å². The van der Waals surface area contributed by atoms with Crippen LogP contribution in [0.15, 0.2) is 47.5 Å². The van der Waals surface area contributed by atoms with Gasteiger partial charge in [0.2, 0.25) is 0 Å². The maximum Gasteiger partial charge on any atom is 0.254 e. The molecular formula is C19H23N3OS. The molecule has 1 aromatic carbocycles. The number of thioether (sulfide) groups is 1. The van der Waals surface area contributed by atoms with Gasteiger partial charge in [0.15, 0.2) is 0 Å². The SMILES string of the molecule is CSc1ccc(C)c(C(=O)N2CCN(Cc3ccccn3)CC2)c1. The van der Waals surface area contributed by atoms with Crippen LogP contribution < -0.4 is 0 Å². The van der Waals surface area contributed by atoms with Gasteiger partial charge in [-0.1, -0.05) is 12.1 Å². The summed E-state index contributed by atoms with van der Waals surface area (Å²) in [5.74, 6) is 0.154. The third-order valence-electron chi connectivity index (χ3n) is 4.45. The van der Waals surface area contributed by atoms with E-state index in [1.54, 1.807) is 11.8 Å². The standard InChI is InChI=1S/C19H23N3OS/c1-15-6-7-17(24-2)13-18(15)19(23)22-11-9-21(10-12-22)14-16-5-3-4-8-20-16/h3-8,13H,9-12,14H2,1-2H3. The van der Waals surface area contributed by atoms with Crippen molar-refractivity contribution in [3.8, 4) is 0 Å². The zero-order valence-electron chi connectivity index (χ0n) is 14.2. The quantitative estimate of drug-likeness (QED) is 0.801. The lowest BCUT2D eigenvalue weighted by Crippen LogP contribution is -2.48. The fourth-order valence-corrected chi connectivity index (χ4v) is 3.40. The Labute approximate surface area is 147 Å². The summed E-state index contributed by atoms with van der Waals surface area (Å²) in [5.41, 5.74) is 2.97. The van der Waals surface area contributed by atoms with Crippen LogP contribution in [0.3, 0.4) is 0 Å². The lowest BCUT2D eigenvalue weighted by Gasteiger charge is -2.34. The van der Waals surface area contributed by atoms with E-state index in [2.05, 4.69) is 22.0 Å². The minimum Gasteiger partial charge on any atom is -0.336 e. The highest BCUT2D eigenvalue weighted by Gasteiger charge is 2.23. The zero-order valence-corrected chi connectivity index (χ0v) is 15.1. The van der Waals surface area contributed by atoms with E-state index in [4.69, 9.17) is 0 Å². The van der Waals surface area contributed by atoms with Crippen molar-refractivity contribution in [1.82, 2.24) is 14.8 Å². The summed E-state index contributed by atoms with van der Waals surface area (Å²) >= 11 is 1.67. The number of benzene rings is 1. The summed E-state index contributed by atoms with van der Waals surface area (Å²) in [6.07, 6.45) is 3.87. The van der Waals surface area contributed by atoms with E-state index in [0.29, 0.717) is 0 Å². The first-order valence-electron chi connectivity index (χ1n) is 8.23. The molecule has 5 heteroatoms. The van der Waals surface area contributed by atoms with Crippen LogP contribution >= 0.6 is 11.8 Å². The van der Waals surface area contributed by atoms with Crippen molar-refractivity contribution in [2.24, 2.45) is 0 Å². The normalized spacial score (nSPS) is 15.5. The van der Waals surface area contributed by atoms with Gasteiger partial charge in [-0.2, -0.15) is 0 Å². The Hall–Kier alpha value is -1.85. The molecule has 0 saturated carbocycles. The monoisotopic (exact) mass is 341 g/mol. The minimum absolute atomic E-state index is 0.154. The lowest BCUT2D eigenvalue weighted by atomic mass is 10.1. The number of carbonyl (C=O) groups excluding carboxylic acids is 1. The Morgan fingerprint density at radius 2 is 1.96 bits per heavy atom. The molecule has 2 aromatic rings. The van der Waals surface area contributed by atoms with Gasteiger partial charge in [-0.05, 0) is 43.0 Å². The van der Waals surface area contributed by atoms with Crippen LogP contribution in [0.2, 0.25) is 0 Å². The second kappa shape index (κ2) is 7.81. The van der Waals surface area contributed by atoms with E-state index in [-0.39, 0.29) is 5.91 Å². The van der Waals surface area contributed by atoms with Crippen LogP contribution in [0.4, 0.5) is 0 Å². The van der Waals surface area contributed by atoms with E-state index in [9.17, 15) is 4.79 Å². The maximum absolute atomic E-state index is 12.8. The summed E-state index contributed by atoms with van der Waals surface area (Å²) in [6, 6.07) is 12.1. The van der Waals surface area contributed by atoms with Gasteiger partial charge >= 0.3 is 0 Å². The third kappa shape index (κ3) is 3.97. The number of rotatable bonds is 4. The summed E-state index contributed by atoms with van der Waals surface area (Å²) in [6.45, 7) is 6.19. The Morgan fingerprint density at radius 1 is 1.17 bits per heavy atom. The summed E-state index contributed by atoms with van der Waals surface area (Å²) < 4.78 is 0. The van der Waals surface area contributed by atoms with Crippen LogP contribution in [0.25, 0.3) is 0 Å². The Morgan fingerprint density at radius 3 is 2.62 bits per heavy atom. The second-order valence-corrected chi connectivity index (χ2v) is 6.95. The van der Waals surface area contributed by atoms with Crippen molar-refractivity contribution in [1.29, 1.82) is 0 Å². The highest BCUT2D eigenvalue weighted by molar-refractivity contribution is 7.98. The van der Waals surface area contributed by atoms with Crippen LogP contribution in [0.5, 0.6) is 0 Å². The maximum atomic E-state index is 12.8. The summed E-state index contributed by atoms with van der Waals surface area (Å²) in [7, 11) is 0. The predicted octanol–water partition coefficient (Wildman–Crippen LogP) is 3.07. The molecule has 0 radical (unpaired) electrons. The van der Waals surface area contributed by atoms with Crippen LogP contribution in [0, 0.1) is 6.92 Å². The molecule has 24 heavy (non-hydrogen) atoms. The van der Waals surface area contributed by atoms with Crippen molar-refractivity contribution in [2.75, 3.05) is 32.4 Å². The number of hydrogen-bond donors (Lipinski definition) is 0. The molecule has 0 N–H and O–H groups in total. The highest BCUT2D eigenvalue weighted by atomic mass is 32.2. The first-order chi connectivity index (χ1) is 11.7. The van der Waals surface area contributed by atoms with Gasteiger partial charge in [0.1, 0.15) is 0 Å². The van der Waals surface area contributed by atoms with Gasteiger partial charge in [-0.3, -0.25) is 14.7 Å². The first kappa shape index (κ1) is 17.0. The third-order valence-corrected chi connectivity index (χ3v) is 5.17. The largest absolute Gasteiger partial charge is 0.336 e. The Kier molecular flexibility index (Phi) is 5.53. The number of pyridine rings is 1. The molecule has 4 nitrogen and oxygen atoms in total. The molecule has 1 saturated heterocycles. The molecule has 2 heterocycles. The zero-order chi connectivity index (χ0) is 16.9. The van der Waals surface area contributed by atoms with Gasteiger partial charge in [0.05, 0.1) is 5.69 Å². The number of aromatic nitrogens is 1. The minimum atomic E-state index is 0.154. The Balaban J connectivity index is 1.61. The van der Waals surface area contributed by atoms with Crippen molar-refractivity contribution in [2.45, 2.75) is 18.4 Å². The van der Waals surface area contributed by atoms with Gasteiger partial charge in [-0.15, -0.1) is 11.8 Å². The molecule has 1 fully saturated rings. The first-order valence-corrected chi connectivity index (χ1v) is 9.46. The summed E-state index contributed by atoms with van der Waals surface area (Å²) in [5, 5.41) is 0. The van der Waals surface area contributed by atoms with Gasteiger partial charge in [0.25, 0.3) is 5.91 Å². The van der Waals surface area contributed by atoms with Crippen LogP contribution in [-0.2, 0) is 6.54 Å². The lowest BCUT2D eigenvalue weighted by molar-refractivity contribution is 0.0626. The average molecular weight is 341 g/mol.